The first-order valence-corrected chi connectivity index (χ1v) is 7.15. The normalized spacial score (nSPS) is 11.1. The Labute approximate surface area is 120 Å². The van der Waals surface area contributed by atoms with Crippen LogP contribution in [0, 0.1) is 13.8 Å². The number of phenolic OH excluding ortho intramolecular Hbond substituents is 1. The first-order chi connectivity index (χ1) is 9.58. The number of pyridine rings is 1. The van der Waals surface area contributed by atoms with E-state index in [4.69, 9.17) is 5.73 Å². The van der Waals surface area contributed by atoms with Gasteiger partial charge in [0.05, 0.1) is 15.4 Å². The highest BCUT2D eigenvalue weighted by atomic mass is 32.1. The summed E-state index contributed by atoms with van der Waals surface area (Å²) in [6.45, 7) is 3.72. The van der Waals surface area contributed by atoms with E-state index in [-0.39, 0.29) is 5.75 Å². The third-order valence-electron chi connectivity index (χ3n) is 3.46. The molecule has 4 nitrogen and oxygen atoms in total. The standard InChI is InChI=1S/C15H15N3OS/c1-8-12(16)13-15(9(2)14(8)19)20-11(18-13)6-10-4-3-5-17-7-10/h3-5,7,19H,6,16H2,1-2H3. The van der Waals surface area contributed by atoms with Crippen LogP contribution in [-0.2, 0) is 6.42 Å². The number of nitrogen functional groups attached to an aromatic ring is 1. The lowest BCUT2D eigenvalue weighted by Crippen LogP contribution is -1.94. The molecular formula is C15H15N3OS. The van der Waals surface area contributed by atoms with Crippen LogP contribution >= 0.6 is 11.3 Å². The molecule has 0 spiro atoms. The van der Waals surface area contributed by atoms with E-state index in [9.17, 15) is 5.11 Å². The summed E-state index contributed by atoms with van der Waals surface area (Å²) in [5, 5.41) is 11.1. The van der Waals surface area contributed by atoms with Crippen molar-refractivity contribution in [2.24, 2.45) is 0 Å². The number of fused-ring (bicyclic) bond motifs is 1. The van der Waals surface area contributed by atoms with Crippen molar-refractivity contribution in [3.63, 3.8) is 0 Å². The summed E-state index contributed by atoms with van der Waals surface area (Å²) in [4.78, 5) is 8.74. The van der Waals surface area contributed by atoms with E-state index in [0.717, 1.165) is 32.8 Å². The van der Waals surface area contributed by atoms with Gasteiger partial charge < -0.3 is 10.8 Å². The number of nitrogens with zero attached hydrogens (tertiary/aromatic N) is 2. The van der Waals surface area contributed by atoms with Crippen LogP contribution in [0.5, 0.6) is 5.75 Å². The predicted molar refractivity (Wildman–Crippen MR) is 82.2 cm³/mol. The van der Waals surface area contributed by atoms with Crippen LogP contribution in [-0.4, -0.2) is 15.1 Å². The van der Waals surface area contributed by atoms with Gasteiger partial charge in [0, 0.05) is 29.9 Å². The number of thiazole rings is 1. The molecule has 5 heteroatoms. The Balaban J connectivity index is 2.12. The van der Waals surface area contributed by atoms with Gasteiger partial charge in [0.1, 0.15) is 11.3 Å². The van der Waals surface area contributed by atoms with Crippen molar-refractivity contribution in [2.45, 2.75) is 20.3 Å². The van der Waals surface area contributed by atoms with Gasteiger partial charge in [0.25, 0.3) is 0 Å². The second-order valence-electron chi connectivity index (χ2n) is 4.84. The molecule has 0 aliphatic rings. The molecule has 102 valence electrons. The van der Waals surface area contributed by atoms with Gasteiger partial charge >= 0.3 is 0 Å². The van der Waals surface area contributed by atoms with Crippen molar-refractivity contribution in [3.8, 4) is 5.75 Å². The molecular weight excluding hydrogens is 270 g/mol. The maximum absolute atomic E-state index is 10.1. The highest BCUT2D eigenvalue weighted by Gasteiger charge is 2.16. The van der Waals surface area contributed by atoms with Crippen LogP contribution in [0.4, 0.5) is 5.69 Å². The molecule has 3 aromatic rings. The van der Waals surface area contributed by atoms with E-state index in [2.05, 4.69) is 9.97 Å². The second kappa shape index (κ2) is 4.76. The van der Waals surface area contributed by atoms with E-state index in [0.29, 0.717) is 11.3 Å². The van der Waals surface area contributed by atoms with Crippen LogP contribution in [0.15, 0.2) is 24.5 Å². The molecule has 0 aliphatic heterocycles. The number of benzene rings is 1. The van der Waals surface area contributed by atoms with Crippen molar-refractivity contribution in [2.75, 3.05) is 5.73 Å². The average Bonchev–Trinajstić information content (AvgIpc) is 2.88. The van der Waals surface area contributed by atoms with Crippen LogP contribution in [0.1, 0.15) is 21.7 Å². The predicted octanol–water partition coefficient (Wildman–Crippen LogP) is 3.19. The van der Waals surface area contributed by atoms with Crippen molar-refractivity contribution >= 4 is 27.2 Å². The summed E-state index contributed by atoms with van der Waals surface area (Å²) in [6, 6.07) is 3.94. The van der Waals surface area contributed by atoms with Gasteiger partial charge in [-0.3, -0.25) is 4.98 Å². The smallest absolute Gasteiger partial charge is 0.125 e. The Morgan fingerprint density at radius 2 is 2.10 bits per heavy atom. The van der Waals surface area contributed by atoms with Crippen molar-refractivity contribution < 1.29 is 5.11 Å². The third kappa shape index (κ3) is 2.00. The molecule has 2 heterocycles. The summed E-state index contributed by atoms with van der Waals surface area (Å²) in [7, 11) is 0. The van der Waals surface area contributed by atoms with E-state index in [1.807, 2.05) is 32.2 Å². The molecule has 0 atom stereocenters. The second-order valence-corrected chi connectivity index (χ2v) is 5.92. The number of aryl methyl sites for hydroxylation is 1. The monoisotopic (exact) mass is 285 g/mol. The van der Waals surface area contributed by atoms with Crippen LogP contribution in [0.3, 0.4) is 0 Å². The maximum atomic E-state index is 10.1. The Morgan fingerprint density at radius 1 is 1.30 bits per heavy atom. The molecule has 0 saturated carbocycles. The quantitative estimate of drug-likeness (QED) is 0.709. The first-order valence-electron chi connectivity index (χ1n) is 6.34. The highest BCUT2D eigenvalue weighted by Crippen LogP contribution is 2.39. The molecule has 0 amide bonds. The fourth-order valence-corrected chi connectivity index (χ4v) is 3.36. The molecule has 3 N–H and O–H groups in total. The first kappa shape index (κ1) is 12.9. The molecule has 3 rings (SSSR count). The van der Waals surface area contributed by atoms with Gasteiger partial charge in [0.15, 0.2) is 0 Å². The van der Waals surface area contributed by atoms with Gasteiger partial charge in [-0.1, -0.05) is 6.07 Å². The maximum Gasteiger partial charge on any atom is 0.125 e. The van der Waals surface area contributed by atoms with Gasteiger partial charge in [-0.05, 0) is 25.5 Å². The van der Waals surface area contributed by atoms with Crippen molar-refractivity contribution in [1.29, 1.82) is 0 Å². The minimum absolute atomic E-state index is 0.270. The Morgan fingerprint density at radius 3 is 2.80 bits per heavy atom. The molecule has 0 aliphatic carbocycles. The molecule has 1 aromatic carbocycles. The zero-order valence-electron chi connectivity index (χ0n) is 11.3. The number of anilines is 1. The summed E-state index contributed by atoms with van der Waals surface area (Å²) in [5.41, 5.74) is 10.1. The van der Waals surface area contributed by atoms with Crippen LogP contribution in [0.25, 0.3) is 10.2 Å². The topological polar surface area (TPSA) is 72.0 Å². The summed E-state index contributed by atoms with van der Waals surface area (Å²) >= 11 is 1.58. The Kier molecular flexibility index (Phi) is 3.06. The largest absolute Gasteiger partial charge is 0.507 e. The highest BCUT2D eigenvalue weighted by molar-refractivity contribution is 7.18. The van der Waals surface area contributed by atoms with Crippen LogP contribution in [0.2, 0.25) is 0 Å². The lowest BCUT2D eigenvalue weighted by molar-refractivity contribution is 0.468. The third-order valence-corrected chi connectivity index (χ3v) is 4.63. The van der Waals surface area contributed by atoms with Crippen LogP contribution < -0.4 is 5.73 Å². The number of rotatable bonds is 2. The van der Waals surface area contributed by atoms with E-state index < -0.39 is 0 Å². The molecule has 2 aromatic heterocycles. The SMILES string of the molecule is Cc1c(O)c(C)c2sc(Cc3cccnc3)nc2c1N. The Hall–Kier alpha value is -2.14. The minimum Gasteiger partial charge on any atom is -0.507 e. The molecule has 0 radical (unpaired) electrons. The molecule has 0 saturated heterocycles. The zero-order chi connectivity index (χ0) is 14.3. The fraction of sp³-hybridized carbons (Fsp3) is 0.200. The minimum atomic E-state index is 0.270. The van der Waals surface area contributed by atoms with Gasteiger partial charge in [-0.2, -0.15) is 0 Å². The molecule has 0 fully saturated rings. The summed E-state index contributed by atoms with van der Waals surface area (Å²) in [6.07, 6.45) is 4.32. The molecule has 0 bridgehead atoms. The number of hydrogen-bond donors (Lipinski definition) is 2. The number of hydrogen-bond acceptors (Lipinski definition) is 5. The number of aromatic hydroxyl groups is 1. The lowest BCUT2D eigenvalue weighted by atomic mass is 10.1. The zero-order valence-corrected chi connectivity index (χ0v) is 12.2. The number of nitrogens with two attached hydrogens (primary N) is 1. The number of aromatic nitrogens is 2. The molecule has 20 heavy (non-hydrogen) atoms. The fourth-order valence-electron chi connectivity index (χ4n) is 2.25. The van der Waals surface area contributed by atoms with Gasteiger partial charge in [-0.15, -0.1) is 11.3 Å². The van der Waals surface area contributed by atoms with E-state index in [1.54, 1.807) is 17.5 Å². The Bertz CT molecular complexity index is 736. The van der Waals surface area contributed by atoms with Crippen molar-refractivity contribution in [3.05, 3.63) is 46.2 Å². The van der Waals surface area contributed by atoms with Gasteiger partial charge in [0.2, 0.25) is 0 Å². The van der Waals surface area contributed by atoms with E-state index in [1.165, 1.54) is 0 Å². The lowest BCUT2D eigenvalue weighted by Gasteiger charge is -2.07. The van der Waals surface area contributed by atoms with Gasteiger partial charge in [-0.25, -0.2) is 4.98 Å². The average molecular weight is 285 g/mol. The molecule has 0 unspecified atom stereocenters. The summed E-state index contributed by atoms with van der Waals surface area (Å²) < 4.78 is 0.962. The van der Waals surface area contributed by atoms with E-state index >= 15 is 0 Å². The number of phenols is 1. The summed E-state index contributed by atoms with van der Waals surface area (Å²) in [5.74, 6) is 0.270. The van der Waals surface area contributed by atoms with Crippen molar-refractivity contribution in [1.82, 2.24) is 9.97 Å².